The van der Waals surface area contributed by atoms with Crippen LogP contribution in [0.25, 0.3) is 0 Å². The van der Waals surface area contributed by atoms with E-state index in [1.807, 2.05) is 66.8 Å². The van der Waals surface area contributed by atoms with Gasteiger partial charge in [0, 0.05) is 6.42 Å². The van der Waals surface area contributed by atoms with Crippen molar-refractivity contribution in [1.29, 1.82) is 0 Å². The van der Waals surface area contributed by atoms with E-state index in [2.05, 4.69) is 99.0 Å². The van der Waals surface area contributed by atoms with Crippen LogP contribution in [0.4, 0.5) is 0 Å². The summed E-state index contributed by atoms with van der Waals surface area (Å²) >= 11 is 0. The number of nitrogens with one attached hydrogen (secondary N) is 1. The second-order valence-electron chi connectivity index (χ2n) is 21.9. The van der Waals surface area contributed by atoms with Crippen molar-refractivity contribution in [2.45, 2.75) is 282 Å². The lowest BCUT2D eigenvalue weighted by Gasteiger charge is -2.41. The first kappa shape index (κ1) is 76.6. The van der Waals surface area contributed by atoms with Gasteiger partial charge in [0.25, 0.3) is 0 Å². The monoisotopic (exact) mass is 1160 g/mol. The van der Waals surface area contributed by atoms with E-state index in [4.69, 9.17) is 14.2 Å². The average molecular weight is 1160 g/mol. The number of amides is 1. The fraction of sp³-hybridized carbons (Fsp3) is 0.639. The Morgan fingerprint density at radius 2 is 0.928 bits per heavy atom. The lowest BCUT2D eigenvalue weighted by molar-refractivity contribution is -0.305. The minimum Gasteiger partial charge on any atom is -0.454 e. The molecule has 1 heterocycles. The highest BCUT2D eigenvalue weighted by Gasteiger charge is 2.47. The molecule has 0 radical (unpaired) electrons. The number of esters is 1. The predicted octanol–water partition coefficient (Wildman–Crippen LogP) is 16.2. The summed E-state index contributed by atoms with van der Waals surface area (Å²) in [5.74, 6) is -1.26. The zero-order chi connectivity index (χ0) is 60.3. The topological polar surface area (TPSA) is 175 Å². The minimum atomic E-state index is -1.64. The molecule has 1 fully saturated rings. The van der Waals surface area contributed by atoms with Crippen LogP contribution in [0, 0.1) is 0 Å². The van der Waals surface area contributed by atoms with Crippen LogP contribution in [0.5, 0.6) is 0 Å². The number of allylic oxidation sites excluding steroid dienone is 23. The number of unbranched alkanes of at least 4 members (excludes halogenated alkanes) is 22. The van der Waals surface area contributed by atoms with Gasteiger partial charge in [-0.2, -0.15) is 0 Å². The molecule has 470 valence electrons. The molecule has 1 rings (SSSR count). The highest BCUT2D eigenvalue weighted by molar-refractivity contribution is 5.80. The van der Waals surface area contributed by atoms with Gasteiger partial charge in [-0.25, -0.2) is 0 Å². The summed E-state index contributed by atoms with van der Waals surface area (Å²) < 4.78 is 17.6. The first-order valence-electron chi connectivity index (χ1n) is 32.7. The van der Waals surface area contributed by atoms with Crippen molar-refractivity contribution in [3.8, 4) is 0 Å². The number of hydrogen-bond acceptors (Lipinski definition) is 10. The molecular weight excluding hydrogens is 1040 g/mol. The Hall–Kier alpha value is -4.46. The first-order valence-corrected chi connectivity index (χ1v) is 32.7. The SMILES string of the molecule is CC\C=C/C=C/C=C/C=C\C=C\C=C\CCCCCC(=O)OC1C(OCC(NC(=O)C(O)CCCCCCCCCC/C=C\C/C=C\C/C=C\C/C=C\C/C=C\CC)C(O)/C=C/CCCCCCCCCCCCC)OC(CO)C(O)C1O. The van der Waals surface area contributed by atoms with Gasteiger partial charge in [0.1, 0.15) is 24.4 Å². The van der Waals surface area contributed by atoms with Crippen molar-refractivity contribution < 1.29 is 49.3 Å². The van der Waals surface area contributed by atoms with Crippen LogP contribution in [0.15, 0.2) is 146 Å². The van der Waals surface area contributed by atoms with Gasteiger partial charge in [-0.05, 0) is 89.9 Å². The number of carbonyl (C=O) groups excluding carboxylic acids is 2. The molecule has 0 aromatic heterocycles. The zero-order valence-electron chi connectivity index (χ0n) is 52.0. The van der Waals surface area contributed by atoms with Crippen LogP contribution in [0.2, 0.25) is 0 Å². The Labute approximate surface area is 505 Å². The van der Waals surface area contributed by atoms with E-state index in [0.29, 0.717) is 12.8 Å². The molecule has 11 heteroatoms. The Kier molecular flexibility index (Phi) is 53.4. The van der Waals surface area contributed by atoms with Crippen molar-refractivity contribution >= 4 is 11.9 Å². The molecule has 0 aromatic carbocycles. The maximum atomic E-state index is 13.5. The van der Waals surface area contributed by atoms with Gasteiger partial charge < -0.3 is 45.1 Å². The van der Waals surface area contributed by atoms with Crippen LogP contribution in [0.3, 0.4) is 0 Å². The van der Waals surface area contributed by atoms with Gasteiger partial charge in [0.15, 0.2) is 12.4 Å². The molecule has 1 aliphatic heterocycles. The quantitative estimate of drug-likeness (QED) is 0.0149. The van der Waals surface area contributed by atoms with Crippen molar-refractivity contribution in [3.63, 3.8) is 0 Å². The molecule has 1 aliphatic rings. The van der Waals surface area contributed by atoms with Crippen molar-refractivity contribution in [1.82, 2.24) is 5.32 Å². The smallest absolute Gasteiger partial charge is 0.306 e. The summed E-state index contributed by atoms with van der Waals surface area (Å²) in [6.45, 7) is 5.50. The second-order valence-corrected chi connectivity index (χ2v) is 21.9. The standard InChI is InChI=1S/C72H117NO10/c1-4-7-10-13-16-19-22-25-27-29-30-31-32-33-34-35-37-38-41-44-47-50-53-56-59-65(76)71(80)73-63(64(75)58-55-52-49-46-43-40-24-21-18-15-12-9-6-3)62-81-72-70(69(79)68(78)66(61-74)82-72)83-67(77)60-57-54-51-48-45-42-39-36-28-26-23-20-17-14-11-8-5-2/h7-8,10-11,14,16-17,19-20,23,25-28,30-31,33-34,36,39,42,45,55,58,63-66,68-70,72,74-76,78-79H,4-6,9,12-13,15,18,21-22,24,29,32,35,37-38,40-41,43-44,46-54,56-57,59-62H2,1-3H3,(H,73,80)/b10-7-,11-8-,17-14+,19-16-,23-20+,27-25-,28-26-,31-30-,34-33-,39-36+,45-42+,58-55+. The number of rotatable bonds is 53. The molecule has 11 nitrogen and oxygen atoms in total. The summed E-state index contributed by atoms with van der Waals surface area (Å²) in [5.41, 5.74) is 0. The summed E-state index contributed by atoms with van der Waals surface area (Å²) in [7, 11) is 0. The number of ether oxygens (including phenoxy) is 3. The Bertz CT molecular complexity index is 1910. The molecule has 0 saturated carbocycles. The van der Waals surface area contributed by atoms with Crippen LogP contribution < -0.4 is 5.32 Å². The molecular formula is C72H117NO10. The van der Waals surface area contributed by atoms with Crippen LogP contribution >= 0.6 is 0 Å². The van der Waals surface area contributed by atoms with E-state index in [-0.39, 0.29) is 19.4 Å². The zero-order valence-corrected chi connectivity index (χ0v) is 52.0. The van der Waals surface area contributed by atoms with Crippen molar-refractivity contribution in [3.05, 3.63) is 146 Å². The van der Waals surface area contributed by atoms with Crippen molar-refractivity contribution in [2.24, 2.45) is 0 Å². The summed E-state index contributed by atoms with van der Waals surface area (Å²) in [4.78, 5) is 26.6. The third-order valence-electron chi connectivity index (χ3n) is 14.4. The third-order valence-corrected chi connectivity index (χ3v) is 14.4. The molecule has 1 amide bonds. The Morgan fingerprint density at radius 3 is 1.45 bits per heavy atom. The van der Waals surface area contributed by atoms with Gasteiger partial charge in [-0.15, -0.1) is 0 Å². The summed E-state index contributed by atoms with van der Waals surface area (Å²) in [6.07, 6.45) is 73.0. The largest absolute Gasteiger partial charge is 0.454 e. The van der Waals surface area contributed by atoms with Crippen LogP contribution in [-0.2, 0) is 23.8 Å². The molecule has 0 aromatic rings. The van der Waals surface area contributed by atoms with Gasteiger partial charge in [0.05, 0.1) is 25.4 Å². The van der Waals surface area contributed by atoms with E-state index >= 15 is 0 Å². The average Bonchev–Trinajstić information content (AvgIpc) is 3.58. The molecule has 8 atom stereocenters. The first-order chi connectivity index (χ1) is 40.7. The van der Waals surface area contributed by atoms with Gasteiger partial charge in [-0.1, -0.05) is 282 Å². The van der Waals surface area contributed by atoms with Crippen LogP contribution in [0.1, 0.15) is 233 Å². The molecule has 0 spiro atoms. The maximum absolute atomic E-state index is 13.5. The summed E-state index contributed by atoms with van der Waals surface area (Å²) in [6, 6.07) is -1.05. The third kappa shape index (κ3) is 45.6. The lowest BCUT2D eigenvalue weighted by Crippen LogP contribution is -2.61. The fourth-order valence-corrected chi connectivity index (χ4v) is 9.30. The van der Waals surface area contributed by atoms with Gasteiger partial charge in [0.2, 0.25) is 5.91 Å². The summed E-state index contributed by atoms with van der Waals surface area (Å²) in [5, 5.41) is 57.1. The molecule has 83 heavy (non-hydrogen) atoms. The van der Waals surface area contributed by atoms with E-state index < -0.39 is 67.4 Å². The molecule has 1 saturated heterocycles. The van der Waals surface area contributed by atoms with Crippen LogP contribution in [-0.4, -0.2) is 99.6 Å². The van der Waals surface area contributed by atoms with Crippen molar-refractivity contribution in [2.75, 3.05) is 13.2 Å². The van der Waals surface area contributed by atoms with E-state index in [1.54, 1.807) is 6.08 Å². The fourth-order valence-electron chi connectivity index (χ4n) is 9.30. The van der Waals surface area contributed by atoms with Gasteiger partial charge in [-0.3, -0.25) is 9.59 Å². The molecule has 0 bridgehead atoms. The van der Waals surface area contributed by atoms with E-state index in [1.165, 1.54) is 70.6 Å². The predicted molar refractivity (Wildman–Crippen MR) is 347 cm³/mol. The maximum Gasteiger partial charge on any atom is 0.306 e. The van der Waals surface area contributed by atoms with E-state index in [9.17, 15) is 35.1 Å². The Balaban J connectivity index is 2.69. The lowest BCUT2D eigenvalue weighted by atomic mass is 9.99. The molecule has 8 unspecified atom stereocenters. The normalized spacial score (nSPS) is 19.5. The van der Waals surface area contributed by atoms with E-state index in [0.717, 1.165) is 116 Å². The number of aliphatic hydroxyl groups excluding tert-OH is 5. The Morgan fingerprint density at radius 1 is 0.494 bits per heavy atom. The second kappa shape index (κ2) is 57.9. The molecule has 6 N–H and O–H groups in total. The minimum absolute atomic E-state index is 0.0632. The number of aliphatic hydroxyl groups is 5. The highest BCUT2D eigenvalue weighted by Crippen LogP contribution is 2.26. The molecule has 0 aliphatic carbocycles. The van der Waals surface area contributed by atoms with Gasteiger partial charge >= 0.3 is 5.97 Å². The highest BCUT2D eigenvalue weighted by atomic mass is 16.7. The number of carbonyl (C=O) groups is 2. The number of hydrogen-bond donors (Lipinski definition) is 6.